The molecule has 9 rings (SSSR count). The van der Waals surface area contributed by atoms with Crippen LogP contribution in [-0.4, -0.2) is 0 Å². The molecule has 0 N–H and O–H groups in total. The molecule has 2 aliphatic carbocycles. The zero-order valence-corrected chi connectivity index (χ0v) is 31.7. The molecule has 6 aromatic carbocycles. The average molecular weight is 666 g/mol. The predicted molar refractivity (Wildman–Crippen MR) is 216 cm³/mol. The number of fused-ring (bicyclic) bond motifs is 9. The highest BCUT2D eigenvalue weighted by atomic mass is 16.3. The highest BCUT2D eigenvalue weighted by Crippen LogP contribution is 2.55. The summed E-state index contributed by atoms with van der Waals surface area (Å²) in [5.74, 6) is 0. The van der Waals surface area contributed by atoms with E-state index in [-0.39, 0.29) is 16.2 Å². The second-order valence-electron chi connectivity index (χ2n) is 17.3. The quantitative estimate of drug-likeness (QED) is 0.187. The summed E-state index contributed by atoms with van der Waals surface area (Å²) in [5, 5.41) is 2.37. The van der Waals surface area contributed by atoms with E-state index in [0.717, 1.165) is 28.1 Å². The van der Waals surface area contributed by atoms with Crippen LogP contribution in [-0.2, 0) is 16.2 Å². The summed E-state index contributed by atoms with van der Waals surface area (Å²) in [6.07, 6.45) is 0. The van der Waals surface area contributed by atoms with Crippen LogP contribution < -0.4 is 4.90 Å². The van der Waals surface area contributed by atoms with Crippen LogP contribution in [0.25, 0.3) is 44.2 Å². The van der Waals surface area contributed by atoms with E-state index < -0.39 is 0 Å². The van der Waals surface area contributed by atoms with Crippen LogP contribution in [0.15, 0.2) is 108 Å². The maximum Gasteiger partial charge on any atom is 0.138 e. The van der Waals surface area contributed by atoms with Gasteiger partial charge in [0.25, 0.3) is 0 Å². The first-order valence-electron chi connectivity index (χ1n) is 18.4. The second-order valence-corrected chi connectivity index (χ2v) is 17.3. The first kappa shape index (κ1) is 31.9. The van der Waals surface area contributed by atoms with Gasteiger partial charge in [-0.1, -0.05) is 109 Å². The highest BCUT2D eigenvalue weighted by molar-refractivity contribution is 6.09. The van der Waals surface area contributed by atoms with Gasteiger partial charge in [0.05, 0.1) is 0 Å². The van der Waals surface area contributed by atoms with Crippen LogP contribution in [0, 0.1) is 20.8 Å². The van der Waals surface area contributed by atoms with Crippen molar-refractivity contribution in [3.05, 3.63) is 148 Å². The topological polar surface area (TPSA) is 16.4 Å². The van der Waals surface area contributed by atoms with E-state index >= 15 is 0 Å². The summed E-state index contributed by atoms with van der Waals surface area (Å²) in [5.41, 5.74) is 21.2. The maximum absolute atomic E-state index is 6.56. The number of anilines is 3. The molecular weight excluding hydrogens is 619 g/mol. The van der Waals surface area contributed by atoms with Crippen LogP contribution in [0.2, 0.25) is 0 Å². The molecule has 0 saturated carbocycles. The van der Waals surface area contributed by atoms with E-state index in [4.69, 9.17) is 4.42 Å². The lowest BCUT2D eigenvalue weighted by Crippen LogP contribution is -2.18. The molecular formula is C49H47NO. The van der Waals surface area contributed by atoms with Crippen molar-refractivity contribution in [3.63, 3.8) is 0 Å². The summed E-state index contributed by atoms with van der Waals surface area (Å²) in [6.45, 7) is 23.1. The van der Waals surface area contributed by atoms with Gasteiger partial charge < -0.3 is 9.32 Å². The molecule has 0 radical (unpaired) electrons. The molecule has 0 spiro atoms. The van der Waals surface area contributed by atoms with Crippen LogP contribution in [0.4, 0.5) is 17.1 Å². The van der Waals surface area contributed by atoms with Crippen LogP contribution >= 0.6 is 0 Å². The number of hydrogen-bond acceptors (Lipinski definition) is 2. The van der Waals surface area contributed by atoms with Gasteiger partial charge in [-0.05, 0) is 135 Å². The van der Waals surface area contributed by atoms with Gasteiger partial charge in [0, 0.05) is 38.7 Å². The van der Waals surface area contributed by atoms with Crippen molar-refractivity contribution < 1.29 is 4.42 Å². The van der Waals surface area contributed by atoms with Crippen molar-refractivity contribution in [1.82, 2.24) is 0 Å². The lowest BCUT2D eigenvalue weighted by Gasteiger charge is -2.30. The fourth-order valence-electron chi connectivity index (χ4n) is 9.49. The number of furan rings is 1. The summed E-state index contributed by atoms with van der Waals surface area (Å²) in [7, 11) is 0. The fourth-order valence-corrected chi connectivity index (χ4v) is 9.49. The molecule has 1 heterocycles. The Labute approximate surface area is 302 Å². The first-order valence-corrected chi connectivity index (χ1v) is 18.4. The smallest absolute Gasteiger partial charge is 0.138 e. The minimum atomic E-state index is -0.134. The largest absolute Gasteiger partial charge is 0.456 e. The van der Waals surface area contributed by atoms with Crippen molar-refractivity contribution in [2.45, 2.75) is 85.5 Å². The highest BCUT2D eigenvalue weighted by Gasteiger charge is 2.40. The molecule has 254 valence electrons. The minimum Gasteiger partial charge on any atom is -0.456 e. The summed E-state index contributed by atoms with van der Waals surface area (Å²) < 4.78 is 6.56. The van der Waals surface area contributed by atoms with Crippen LogP contribution in [0.3, 0.4) is 0 Å². The number of nitrogens with zero attached hydrogens (tertiary/aromatic N) is 1. The average Bonchev–Trinajstić information content (AvgIpc) is 3.65. The van der Waals surface area contributed by atoms with E-state index in [1.54, 1.807) is 0 Å². The Kier molecular flexibility index (Phi) is 6.55. The monoisotopic (exact) mass is 665 g/mol. The minimum absolute atomic E-state index is 0.0412. The van der Waals surface area contributed by atoms with Gasteiger partial charge in [0.15, 0.2) is 0 Å². The van der Waals surface area contributed by atoms with Gasteiger partial charge in [-0.15, -0.1) is 0 Å². The Morgan fingerprint density at radius 1 is 0.549 bits per heavy atom. The standard InChI is InChI=1S/C49H47NO/c1-28-22-29(2)44-37-25-33(24-30(3)46(37)51-43(44)23-28)50(31-18-20-35-34-14-11-12-15-38(34)48(7,8)41(35)26-31)32-19-21-36-42(27-32)49(9,10)40-17-13-16-39(45(36)40)47(4,5)6/h11-27H,1-10H3. The zero-order chi connectivity index (χ0) is 35.8. The van der Waals surface area contributed by atoms with E-state index in [9.17, 15) is 0 Å². The molecule has 0 saturated heterocycles. The van der Waals surface area contributed by atoms with Gasteiger partial charge in [-0.2, -0.15) is 0 Å². The van der Waals surface area contributed by atoms with Gasteiger partial charge in [0.2, 0.25) is 0 Å². The van der Waals surface area contributed by atoms with Crippen molar-refractivity contribution in [3.8, 4) is 22.3 Å². The van der Waals surface area contributed by atoms with Crippen molar-refractivity contribution >= 4 is 39.0 Å². The third-order valence-electron chi connectivity index (χ3n) is 12.0. The lowest BCUT2D eigenvalue weighted by molar-refractivity contribution is 0.589. The van der Waals surface area contributed by atoms with Crippen LogP contribution in [0.5, 0.6) is 0 Å². The molecule has 0 unspecified atom stereocenters. The number of aryl methyl sites for hydroxylation is 3. The molecule has 2 aliphatic rings. The number of hydrogen-bond donors (Lipinski definition) is 0. The molecule has 0 bridgehead atoms. The van der Waals surface area contributed by atoms with E-state index in [1.165, 1.54) is 77.7 Å². The second kappa shape index (κ2) is 10.5. The molecule has 0 amide bonds. The third-order valence-corrected chi connectivity index (χ3v) is 12.0. The molecule has 0 aliphatic heterocycles. The Morgan fingerprint density at radius 2 is 1.18 bits per heavy atom. The Hall–Kier alpha value is -5.08. The normalized spacial score (nSPS) is 15.2. The molecule has 2 heteroatoms. The fraction of sp³-hybridized carbons (Fsp3) is 0.265. The Balaban J connectivity index is 1.30. The van der Waals surface area contributed by atoms with Crippen LogP contribution in [0.1, 0.15) is 93.0 Å². The van der Waals surface area contributed by atoms with Gasteiger partial charge >= 0.3 is 0 Å². The van der Waals surface area contributed by atoms with Gasteiger partial charge in [-0.25, -0.2) is 0 Å². The molecule has 1 aromatic heterocycles. The maximum atomic E-state index is 6.56. The zero-order valence-electron chi connectivity index (χ0n) is 31.7. The Bertz CT molecular complexity index is 2600. The summed E-state index contributed by atoms with van der Waals surface area (Å²) in [4.78, 5) is 2.48. The van der Waals surface area contributed by atoms with Gasteiger partial charge in [0.1, 0.15) is 11.2 Å². The summed E-state index contributed by atoms with van der Waals surface area (Å²) >= 11 is 0. The number of benzene rings is 6. The lowest BCUT2D eigenvalue weighted by atomic mass is 9.79. The summed E-state index contributed by atoms with van der Waals surface area (Å²) in [6, 6.07) is 39.2. The van der Waals surface area contributed by atoms with E-state index in [1.807, 2.05) is 0 Å². The number of rotatable bonds is 3. The Morgan fingerprint density at radius 3 is 1.90 bits per heavy atom. The van der Waals surface area contributed by atoms with Crippen molar-refractivity contribution in [2.24, 2.45) is 0 Å². The van der Waals surface area contributed by atoms with Gasteiger partial charge in [-0.3, -0.25) is 0 Å². The third kappa shape index (κ3) is 4.48. The SMILES string of the molecule is Cc1cc(C)c2c(c1)oc1c(C)cc(N(c3ccc4c(c3)C(C)(C)c3ccccc3-4)c3ccc4c(c3)C(C)(C)c3cccc(C(C)(C)C)c3-4)cc12. The van der Waals surface area contributed by atoms with E-state index in [0.29, 0.717) is 0 Å². The molecule has 2 nitrogen and oxygen atoms in total. The molecule has 0 atom stereocenters. The van der Waals surface area contributed by atoms with E-state index in [2.05, 4.69) is 177 Å². The first-order chi connectivity index (χ1) is 24.2. The van der Waals surface area contributed by atoms with Crippen molar-refractivity contribution in [1.29, 1.82) is 0 Å². The molecule has 7 aromatic rings. The molecule has 51 heavy (non-hydrogen) atoms. The van der Waals surface area contributed by atoms with Crippen molar-refractivity contribution in [2.75, 3.05) is 4.90 Å². The molecule has 0 fully saturated rings. The predicted octanol–water partition coefficient (Wildman–Crippen LogP) is 13.9.